The molecule has 3 heterocycles. The van der Waals surface area contributed by atoms with Crippen molar-refractivity contribution in [1.82, 2.24) is 15.1 Å². The van der Waals surface area contributed by atoms with Gasteiger partial charge in [-0.05, 0) is 18.9 Å². The molecule has 20 heavy (non-hydrogen) atoms. The Hall–Kier alpha value is -0.950. The third-order valence-corrected chi connectivity index (χ3v) is 4.74. The monoisotopic (exact) mass is 279 g/mol. The largest absolute Gasteiger partial charge is 0.389 e. The number of ether oxygens (including phenoxy) is 2. The number of nitrogens with zero attached hydrogens (tertiary/aromatic N) is 2. The molecule has 1 aromatic heterocycles. The summed E-state index contributed by atoms with van der Waals surface area (Å²) in [6.45, 7) is 0.546. The van der Waals surface area contributed by atoms with E-state index in [0.717, 1.165) is 0 Å². The summed E-state index contributed by atoms with van der Waals surface area (Å²) in [5.74, 6) is 0. The normalized spacial score (nSPS) is 41.4. The Morgan fingerprint density at radius 2 is 2.15 bits per heavy atom. The van der Waals surface area contributed by atoms with Crippen molar-refractivity contribution >= 4 is 0 Å². The number of hydrogen-bond acceptors (Lipinski definition) is 5. The number of rotatable bonds is 3. The van der Waals surface area contributed by atoms with Crippen LogP contribution < -0.4 is 5.32 Å². The van der Waals surface area contributed by atoms with Crippen molar-refractivity contribution in [3.63, 3.8) is 0 Å². The van der Waals surface area contributed by atoms with Crippen LogP contribution in [0.25, 0.3) is 0 Å². The molecule has 1 saturated carbocycles. The van der Waals surface area contributed by atoms with Crippen molar-refractivity contribution in [1.29, 1.82) is 0 Å². The SMILES string of the molecule is O[C@H]1[C@H](NC2CCCC2)[C@H]2CO[C@H](O2)[C@@H]1n1cccn1. The Morgan fingerprint density at radius 1 is 1.30 bits per heavy atom. The summed E-state index contributed by atoms with van der Waals surface area (Å²) in [6.07, 6.45) is 7.50. The maximum atomic E-state index is 10.8. The lowest BCUT2D eigenvalue weighted by molar-refractivity contribution is -0.169. The first-order valence-electron chi connectivity index (χ1n) is 7.53. The molecule has 0 unspecified atom stereocenters. The van der Waals surface area contributed by atoms with E-state index in [-0.39, 0.29) is 18.2 Å². The summed E-state index contributed by atoms with van der Waals surface area (Å²) >= 11 is 0. The summed E-state index contributed by atoms with van der Waals surface area (Å²) in [6, 6.07) is 2.00. The fourth-order valence-electron chi connectivity index (χ4n) is 3.71. The average molecular weight is 279 g/mol. The topological polar surface area (TPSA) is 68.5 Å². The molecule has 0 spiro atoms. The van der Waals surface area contributed by atoms with Crippen molar-refractivity contribution in [2.45, 2.75) is 62.3 Å². The van der Waals surface area contributed by atoms with Gasteiger partial charge in [0.1, 0.15) is 12.1 Å². The minimum atomic E-state index is -0.540. The second-order valence-electron chi connectivity index (χ2n) is 6.02. The molecule has 1 aliphatic carbocycles. The van der Waals surface area contributed by atoms with Crippen LogP contribution in [-0.2, 0) is 9.47 Å². The first-order valence-corrected chi connectivity index (χ1v) is 7.53. The van der Waals surface area contributed by atoms with Crippen LogP contribution in [-0.4, -0.2) is 52.1 Å². The number of hydrogen-bond donors (Lipinski definition) is 2. The lowest BCUT2D eigenvalue weighted by Crippen LogP contribution is -2.59. The van der Waals surface area contributed by atoms with Crippen LogP contribution in [0, 0.1) is 0 Å². The van der Waals surface area contributed by atoms with Crippen LogP contribution in [0.5, 0.6) is 0 Å². The first kappa shape index (κ1) is 12.8. The molecule has 3 fully saturated rings. The zero-order valence-corrected chi connectivity index (χ0v) is 11.4. The van der Waals surface area contributed by atoms with Crippen LogP contribution >= 0.6 is 0 Å². The molecule has 1 aromatic rings. The van der Waals surface area contributed by atoms with E-state index in [0.29, 0.717) is 12.6 Å². The highest BCUT2D eigenvalue weighted by Crippen LogP contribution is 2.36. The van der Waals surface area contributed by atoms with Gasteiger partial charge in [0.25, 0.3) is 0 Å². The van der Waals surface area contributed by atoms with Gasteiger partial charge in [-0.15, -0.1) is 0 Å². The molecule has 0 radical (unpaired) electrons. The van der Waals surface area contributed by atoms with E-state index in [1.807, 2.05) is 12.3 Å². The average Bonchev–Trinajstić information content (AvgIpc) is 3.18. The van der Waals surface area contributed by atoms with E-state index in [9.17, 15) is 5.11 Å². The van der Waals surface area contributed by atoms with Gasteiger partial charge in [-0.2, -0.15) is 5.10 Å². The first-order chi connectivity index (χ1) is 9.83. The van der Waals surface area contributed by atoms with Gasteiger partial charge >= 0.3 is 0 Å². The maximum Gasteiger partial charge on any atom is 0.183 e. The molecule has 4 rings (SSSR count). The number of aliphatic hydroxyl groups is 1. The third-order valence-electron chi connectivity index (χ3n) is 4.74. The Kier molecular flexibility index (Phi) is 3.26. The molecule has 0 amide bonds. The molecule has 2 aliphatic heterocycles. The molecule has 3 aliphatic rings. The Bertz CT molecular complexity index is 447. The molecule has 0 aromatic carbocycles. The molecule has 2 N–H and O–H groups in total. The molecule has 6 nitrogen and oxygen atoms in total. The molecule has 110 valence electrons. The van der Waals surface area contributed by atoms with Crippen LogP contribution in [0.2, 0.25) is 0 Å². The molecule has 2 saturated heterocycles. The van der Waals surface area contributed by atoms with E-state index < -0.39 is 12.4 Å². The molecular weight excluding hydrogens is 258 g/mol. The second-order valence-corrected chi connectivity index (χ2v) is 6.02. The van der Waals surface area contributed by atoms with Crippen molar-refractivity contribution in [2.75, 3.05) is 6.61 Å². The smallest absolute Gasteiger partial charge is 0.183 e. The van der Waals surface area contributed by atoms with E-state index >= 15 is 0 Å². The minimum absolute atomic E-state index is 0.0533. The Labute approximate surface area is 118 Å². The highest BCUT2D eigenvalue weighted by Gasteiger charge is 2.51. The molecule has 6 heteroatoms. The zero-order valence-electron chi connectivity index (χ0n) is 11.4. The van der Waals surface area contributed by atoms with Gasteiger partial charge < -0.3 is 19.9 Å². The van der Waals surface area contributed by atoms with Crippen molar-refractivity contribution in [3.8, 4) is 0 Å². The number of aliphatic hydroxyl groups excluding tert-OH is 1. The number of fused-ring (bicyclic) bond motifs is 2. The zero-order chi connectivity index (χ0) is 13.5. The van der Waals surface area contributed by atoms with Gasteiger partial charge in [-0.25, -0.2) is 0 Å². The highest BCUT2D eigenvalue weighted by molar-refractivity contribution is 5.01. The Balaban J connectivity index is 1.55. The summed E-state index contributed by atoms with van der Waals surface area (Å²) < 4.78 is 13.4. The van der Waals surface area contributed by atoms with E-state index in [4.69, 9.17) is 9.47 Å². The summed E-state index contributed by atoms with van der Waals surface area (Å²) in [5.41, 5.74) is 0. The second kappa shape index (κ2) is 5.11. The van der Waals surface area contributed by atoms with Gasteiger partial charge in [0.2, 0.25) is 0 Å². The predicted molar refractivity (Wildman–Crippen MR) is 71.1 cm³/mol. The lowest BCUT2D eigenvalue weighted by atomic mass is 9.95. The number of nitrogens with one attached hydrogen (secondary N) is 1. The van der Waals surface area contributed by atoms with Gasteiger partial charge in [-0.3, -0.25) is 4.68 Å². The van der Waals surface area contributed by atoms with Crippen LogP contribution in [0.1, 0.15) is 31.7 Å². The fourth-order valence-corrected chi connectivity index (χ4v) is 3.71. The standard InChI is InChI=1S/C14H21N3O3/c18-13-11(16-9-4-1-2-5-9)10-8-19-14(20-10)12(13)17-7-3-6-15-17/h3,6-7,9-14,16,18H,1-2,4-5,8H2/t10-,11-,12-,13+,14-/m1/s1. The predicted octanol–water partition coefficient (Wildman–Crippen LogP) is 0.441. The van der Waals surface area contributed by atoms with E-state index in [1.165, 1.54) is 25.7 Å². The third kappa shape index (κ3) is 2.07. The molecule has 5 atom stereocenters. The lowest BCUT2D eigenvalue weighted by Gasteiger charge is -2.39. The molecule has 2 bridgehead atoms. The summed E-state index contributed by atoms with van der Waals surface area (Å²) in [4.78, 5) is 0. The van der Waals surface area contributed by atoms with Crippen molar-refractivity contribution < 1.29 is 14.6 Å². The van der Waals surface area contributed by atoms with Crippen LogP contribution in [0.3, 0.4) is 0 Å². The summed E-state index contributed by atoms with van der Waals surface area (Å²) in [7, 11) is 0. The quantitative estimate of drug-likeness (QED) is 0.840. The maximum absolute atomic E-state index is 10.8. The minimum Gasteiger partial charge on any atom is -0.389 e. The van der Waals surface area contributed by atoms with Gasteiger partial charge in [0, 0.05) is 18.4 Å². The summed E-state index contributed by atoms with van der Waals surface area (Å²) in [5, 5.41) is 18.6. The Morgan fingerprint density at radius 3 is 2.90 bits per heavy atom. The fraction of sp³-hybridized carbons (Fsp3) is 0.786. The molecular formula is C14H21N3O3. The highest BCUT2D eigenvalue weighted by atomic mass is 16.7. The van der Waals surface area contributed by atoms with E-state index in [2.05, 4.69) is 10.4 Å². The van der Waals surface area contributed by atoms with Gasteiger partial charge in [-0.1, -0.05) is 12.8 Å². The van der Waals surface area contributed by atoms with Crippen molar-refractivity contribution in [3.05, 3.63) is 18.5 Å². The van der Waals surface area contributed by atoms with Crippen LogP contribution in [0.15, 0.2) is 18.5 Å². The van der Waals surface area contributed by atoms with E-state index in [1.54, 1.807) is 10.9 Å². The van der Waals surface area contributed by atoms with Crippen molar-refractivity contribution in [2.24, 2.45) is 0 Å². The van der Waals surface area contributed by atoms with Gasteiger partial charge in [0.15, 0.2) is 6.29 Å². The van der Waals surface area contributed by atoms with Gasteiger partial charge in [0.05, 0.1) is 18.8 Å². The van der Waals surface area contributed by atoms with Crippen LogP contribution in [0.4, 0.5) is 0 Å². The number of aromatic nitrogens is 2.